The quantitative estimate of drug-likeness (QED) is 0.656. The second-order valence-electron chi connectivity index (χ2n) is 5.82. The van der Waals surface area contributed by atoms with Gasteiger partial charge in [0.15, 0.2) is 11.5 Å². The van der Waals surface area contributed by atoms with Crippen molar-refractivity contribution in [2.24, 2.45) is 0 Å². The van der Waals surface area contributed by atoms with Gasteiger partial charge in [-0.15, -0.1) is 0 Å². The molecule has 5 heteroatoms. The Morgan fingerprint density at radius 3 is 2.50 bits per heavy atom. The lowest BCUT2D eigenvalue weighted by Crippen LogP contribution is -2.18. The smallest absolute Gasteiger partial charge is 0.166 e. The predicted molar refractivity (Wildman–Crippen MR) is 98.3 cm³/mol. The van der Waals surface area contributed by atoms with Crippen LogP contribution in [0.25, 0.3) is 0 Å². The third kappa shape index (κ3) is 5.49. The Morgan fingerprint density at radius 2 is 1.88 bits per heavy atom. The summed E-state index contributed by atoms with van der Waals surface area (Å²) in [6.07, 6.45) is 0.907. The fourth-order valence-corrected chi connectivity index (χ4v) is 2.87. The third-order valence-electron chi connectivity index (χ3n) is 3.49. The van der Waals surface area contributed by atoms with Gasteiger partial charge in [0.1, 0.15) is 5.82 Å². The lowest BCUT2D eigenvalue weighted by Gasteiger charge is -2.18. The molecule has 0 aliphatic heterocycles. The van der Waals surface area contributed by atoms with Gasteiger partial charge in [-0.3, -0.25) is 0 Å². The lowest BCUT2D eigenvalue weighted by molar-refractivity contribution is 0.227. The zero-order valence-electron chi connectivity index (χ0n) is 14.2. The van der Waals surface area contributed by atoms with Gasteiger partial charge in [-0.1, -0.05) is 28.1 Å². The number of benzene rings is 2. The number of hydrogen-bond donors (Lipinski definition) is 1. The summed E-state index contributed by atoms with van der Waals surface area (Å²) in [6, 6.07) is 10.5. The summed E-state index contributed by atoms with van der Waals surface area (Å²) < 4.78 is 25.2. The molecule has 24 heavy (non-hydrogen) atoms. The first-order valence-corrected chi connectivity index (χ1v) is 8.77. The second kappa shape index (κ2) is 9.04. The highest BCUT2D eigenvalue weighted by atomic mass is 79.9. The van der Waals surface area contributed by atoms with E-state index in [0.717, 1.165) is 34.3 Å². The summed E-state index contributed by atoms with van der Waals surface area (Å²) in [5.74, 6) is 1.28. The summed E-state index contributed by atoms with van der Waals surface area (Å²) in [5.41, 5.74) is 2.14. The minimum atomic E-state index is -0.205. The van der Waals surface area contributed by atoms with Crippen molar-refractivity contribution in [2.75, 3.05) is 13.7 Å². The molecule has 1 N–H and O–H groups in total. The highest BCUT2D eigenvalue weighted by Gasteiger charge is 2.14. The van der Waals surface area contributed by atoms with Crippen LogP contribution in [-0.2, 0) is 13.0 Å². The second-order valence-corrected chi connectivity index (χ2v) is 6.73. The molecule has 2 aromatic carbocycles. The van der Waals surface area contributed by atoms with E-state index in [-0.39, 0.29) is 11.9 Å². The Kier molecular flexibility index (Phi) is 7.06. The number of halogens is 2. The predicted octanol–water partition coefficient (Wildman–Crippen LogP) is 4.72. The molecular formula is C19H23BrFNO2. The Labute approximate surface area is 151 Å². The molecule has 130 valence electrons. The van der Waals surface area contributed by atoms with E-state index in [0.29, 0.717) is 12.3 Å². The van der Waals surface area contributed by atoms with Gasteiger partial charge in [0.2, 0.25) is 0 Å². The van der Waals surface area contributed by atoms with Crippen LogP contribution >= 0.6 is 15.9 Å². The van der Waals surface area contributed by atoms with E-state index >= 15 is 0 Å². The van der Waals surface area contributed by atoms with Crippen molar-refractivity contribution in [1.29, 1.82) is 0 Å². The van der Waals surface area contributed by atoms with Crippen molar-refractivity contribution in [2.45, 2.75) is 32.9 Å². The van der Waals surface area contributed by atoms with Crippen LogP contribution in [0.5, 0.6) is 11.5 Å². The molecule has 0 amide bonds. The topological polar surface area (TPSA) is 30.5 Å². The Balaban J connectivity index is 2.00. The molecule has 0 saturated carbocycles. The van der Waals surface area contributed by atoms with Crippen LogP contribution in [0, 0.1) is 5.82 Å². The zero-order valence-corrected chi connectivity index (χ0v) is 15.8. The third-order valence-corrected chi connectivity index (χ3v) is 3.95. The minimum Gasteiger partial charge on any atom is -0.493 e. The standard InChI is InChI=1S/C19H23BrFNO2/c1-13(2)24-19-15(10-16(20)11-18(19)23-3)12-22-9-8-14-4-6-17(21)7-5-14/h4-7,10-11,13,22H,8-9,12H2,1-3H3. The molecule has 3 nitrogen and oxygen atoms in total. The molecule has 0 saturated heterocycles. The molecule has 0 radical (unpaired) electrons. The highest BCUT2D eigenvalue weighted by molar-refractivity contribution is 9.10. The largest absolute Gasteiger partial charge is 0.493 e. The van der Waals surface area contributed by atoms with Gasteiger partial charge in [0.05, 0.1) is 13.2 Å². The normalized spacial score (nSPS) is 10.9. The van der Waals surface area contributed by atoms with E-state index in [1.54, 1.807) is 7.11 Å². The Morgan fingerprint density at radius 1 is 1.17 bits per heavy atom. The van der Waals surface area contributed by atoms with Crippen LogP contribution < -0.4 is 14.8 Å². The van der Waals surface area contributed by atoms with Crippen LogP contribution in [0.4, 0.5) is 4.39 Å². The fourth-order valence-electron chi connectivity index (χ4n) is 2.38. The van der Waals surface area contributed by atoms with Gasteiger partial charge in [-0.2, -0.15) is 0 Å². The van der Waals surface area contributed by atoms with E-state index in [4.69, 9.17) is 9.47 Å². The molecule has 0 heterocycles. The molecule has 2 rings (SSSR count). The molecule has 0 aliphatic carbocycles. The summed E-state index contributed by atoms with van der Waals surface area (Å²) in [6.45, 7) is 5.45. The average molecular weight is 396 g/mol. The lowest BCUT2D eigenvalue weighted by atomic mass is 10.1. The average Bonchev–Trinajstić information content (AvgIpc) is 2.54. The van der Waals surface area contributed by atoms with Crippen molar-refractivity contribution in [3.8, 4) is 11.5 Å². The fraction of sp³-hybridized carbons (Fsp3) is 0.368. The van der Waals surface area contributed by atoms with E-state index in [2.05, 4.69) is 21.2 Å². The first-order valence-electron chi connectivity index (χ1n) is 7.98. The molecular weight excluding hydrogens is 373 g/mol. The van der Waals surface area contributed by atoms with Crippen LogP contribution in [0.2, 0.25) is 0 Å². The maximum atomic E-state index is 12.9. The van der Waals surface area contributed by atoms with Gasteiger partial charge in [0.25, 0.3) is 0 Å². The van der Waals surface area contributed by atoms with Crippen molar-refractivity contribution >= 4 is 15.9 Å². The molecule has 0 fully saturated rings. The SMILES string of the molecule is COc1cc(Br)cc(CNCCc2ccc(F)cc2)c1OC(C)C. The first kappa shape index (κ1) is 18.7. The van der Waals surface area contributed by atoms with Crippen molar-refractivity contribution < 1.29 is 13.9 Å². The number of methoxy groups -OCH3 is 1. The van der Waals surface area contributed by atoms with Crippen LogP contribution in [0.15, 0.2) is 40.9 Å². The Hall–Kier alpha value is -1.59. The summed E-state index contributed by atoms with van der Waals surface area (Å²) >= 11 is 3.51. The van der Waals surface area contributed by atoms with Crippen molar-refractivity contribution in [3.63, 3.8) is 0 Å². The van der Waals surface area contributed by atoms with Crippen LogP contribution in [0.3, 0.4) is 0 Å². The highest BCUT2D eigenvalue weighted by Crippen LogP contribution is 2.35. The van der Waals surface area contributed by atoms with E-state index < -0.39 is 0 Å². The van der Waals surface area contributed by atoms with Gasteiger partial charge < -0.3 is 14.8 Å². The van der Waals surface area contributed by atoms with Crippen molar-refractivity contribution in [3.05, 3.63) is 57.8 Å². The molecule has 0 aromatic heterocycles. The molecule has 0 atom stereocenters. The molecule has 0 unspecified atom stereocenters. The van der Waals surface area contributed by atoms with Crippen LogP contribution in [0.1, 0.15) is 25.0 Å². The van der Waals surface area contributed by atoms with Gasteiger partial charge >= 0.3 is 0 Å². The van der Waals surface area contributed by atoms with E-state index in [1.165, 1.54) is 12.1 Å². The first-order chi connectivity index (χ1) is 11.5. The Bertz CT molecular complexity index is 659. The number of nitrogens with one attached hydrogen (secondary N) is 1. The van der Waals surface area contributed by atoms with E-state index in [1.807, 2.05) is 38.1 Å². The van der Waals surface area contributed by atoms with Crippen molar-refractivity contribution in [1.82, 2.24) is 5.32 Å². The summed E-state index contributed by atoms with van der Waals surface area (Å²) in [7, 11) is 1.64. The zero-order chi connectivity index (χ0) is 17.5. The summed E-state index contributed by atoms with van der Waals surface area (Å²) in [4.78, 5) is 0. The minimum absolute atomic E-state index is 0.0676. The summed E-state index contributed by atoms with van der Waals surface area (Å²) in [5, 5.41) is 3.41. The molecule has 0 bridgehead atoms. The maximum absolute atomic E-state index is 12.9. The number of hydrogen-bond acceptors (Lipinski definition) is 3. The van der Waals surface area contributed by atoms with Gasteiger partial charge in [-0.25, -0.2) is 4.39 Å². The van der Waals surface area contributed by atoms with E-state index in [9.17, 15) is 4.39 Å². The number of rotatable bonds is 8. The molecule has 2 aromatic rings. The van der Waals surface area contributed by atoms with Gasteiger partial charge in [0, 0.05) is 16.6 Å². The maximum Gasteiger partial charge on any atom is 0.166 e. The monoisotopic (exact) mass is 395 g/mol. The van der Waals surface area contributed by atoms with Crippen LogP contribution in [-0.4, -0.2) is 19.8 Å². The molecule has 0 spiro atoms. The molecule has 0 aliphatic rings. The number of ether oxygens (including phenoxy) is 2. The van der Waals surface area contributed by atoms with Gasteiger partial charge in [-0.05, 0) is 56.6 Å².